The Bertz CT molecular complexity index is 586. The number of amides is 1. The van der Waals surface area contributed by atoms with Crippen molar-refractivity contribution in [3.05, 3.63) is 29.8 Å². The number of carbonyl (C=O) groups is 1. The van der Waals surface area contributed by atoms with Gasteiger partial charge in [-0.05, 0) is 24.5 Å². The van der Waals surface area contributed by atoms with Gasteiger partial charge >= 0.3 is 0 Å². The molecule has 1 amide bonds. The first-order chi connectivity index (χ1) is 11.1. The van der Waals surface area contributed by atoms with E-state index in [9.17, 15) is 13.6 Å². The fourth-order valence-electron chi connectivity index (χ4n) is 2.69. The standard InChI is InChI=1S/C18H21F2NO2/c19-15-8-9-17(16(20)13-15)23-12-4-3-11-21-18(22)10-7-14-5-1-2-6-14/h8-9,13-14H,1-2,5-7,10-12H2,(H,21,22). The second-order valence-electron chi connectivity index (χ2n) is 5.68. The van der Waals surface area contributed by atoms with E-state index >= 15 is 0 Å². The third kappa shape index (κ3) is 6.27. The van der Waals surface area contributed by atoms with Gasteiger partial charge in [-0.1, -0.05) is 37.5 Å². The fraction of sp³-hybridized carbons (Fsp3) is 0.500. The Kier molecular flexibility index (Phi) is 6.86. The molecule has 1 aliphatic carbocycles. The van der Waals surface area contributed by atoms with Crippen LogP contribution >= 0.6 is 0 Å². The molecule has 5 heteroatoms. The van der Waals surface area contributed by atoms with Crippen molar-refractivity contribution in [1.82, 2.24) is 5.32 Å². The molecule has 1 aromatic carbocycles. The number of carbonyl (C=O) groups excluding carboxylic acids is 1. The monoisotopic (exact) mass is 321 g/mol. The fourth-order valence-corrected chi connectivity index (χ4v) is 2.69. The number of hydrogen-bond donors (Lipinski definition) is 1. The largest absolute Gasteiger partial charge is 0.478 e. The van der Waals surface area contributed by atoms with Gasteiger partial charge in [0.05, 0.1) is 6.54 Å². The Hall–Kier alpha value is -2.09. The van der Waals surface area contributed by atoms with Crippen molar-refractivity contribution in [2.24, 2.45) is 5.92 Å². The lowest BCUT2D eigenvalue weighted by atomic mass is 10.0. The summed E-state index contributed by atoms with van der Waals surface area (Å²) in [4.78, 5) is 11.6. The van der Waals surface area contributed by atoms with Crippen LogP contribution in [0, 0.1) is 29.4 Å². The second-order valence-corrected chi connectivity index (χ2v) is 5.68. The number of nitrogens with one attached hydrogen (secondary N) is 1. The molecule has 1 N–H and O–H groups in total. The Morgan fingerprint density at radius 2 is 2.04 bits per heavy atom. The quantitative estimate of drug-likeness (QED) is 0.815. The van der Waals surface area contributed by atoms with Gasteiger partial charge in [-0.15, -0.1) is 0 Å². The van der Waals surface area contributed by atoms with Crippen LogP contribution in [0.25, 0.3) is 0 Å². The molecule has 23 heavy (non-hydrogen) atoms. The van der Waals surface area contributed by atoms with Gasteiger partial charge in [0.25, 0.3) is 0 Å². The highest BCUT2D eigenvalue weighted by molar-refractivity contribution is 5.76. The summed E-state index contributed by atoms with van der Waals surface area (Å²) in [6, 6.07) is 3.10. The van der Waals surface area contributed by atoms with Crippen molar-refractivity contribution < 1.29 is 18.3 Å². The molecule has 0 unspecified atom stereocenters. The first-order valence-electron chi connectivity index (χ1n) is 7.95. The number of halogens is 2. The van der Waals surface area contributed by atoms with E-state index in [4.69, 9.17) is 4.74 Å². The van der Waals surface area contributed by atoms with Gasteiger partial charge in [-0.3, -0.25) is 4.79 Å². The zero-order valence-electron chi connectivity index (χ0n) is 13.0. The van der Waals surface area contributed by atoms with Crippen LogP contribution in [-0.2, 0) is 4.79 Å². The van der Waals surface area contributed by atoms with Gasteiger partial charge in [0.1, 0.15) is 12.4 Å². The van der Waals surface area contributed by atoms with E-state index in [0.29, 0.717) is 12.3 Å². The minimum absolute atomic E-state index is 0.0108. The summed E-state index contributed by atoms with van der Waals surface area (Å²) in [5, 5.41) is 2.73. The highest BCUT2D eigenvalue weighted by atomic mass is 19.1. The normalized spacial score (nSPS) is 14.2. The van der Waals surface area contributed by atoms with Crippen LogP contribution in [0.1, 0.15) is 38.5 Å². The SMILES string of the molecule is O=C(CCC1CCCC1)NCC#CCOc1ccc(F)cc1F. The molecule has 0 radical (unpaired) electrons. The lowest BCUT2D eigenvalue weighted by Gasteiger charge is -2.07. The highest BCUT2D eigenvalue weighted by Gasteiger charge is 2.15. The van der Waals surface area contributed by atoms with E-state index in [1.165, 1.54) is 31.7 Å². The van der Waals surface area contributed by atoms with E-state index in [1.54, 1.807) is 0 Å². The van der Waals surface area contributed by atoms with Gasteiger partial charge in [0.2, 0.25) is 5.91 Å². The molecule has 0 aliphatic heterocycles. The van der Waals surface area contributed by atoms with E-state index in [2.05, 4.69) is 17.2 Å². The molecule has 0 aromatic heterocycles. The highest BCUT2D eigenvalue weighted by Crippen LogP contribution is 2.28. The molecule has 0 spiro atoms. The zero-order chi connectivity index (χ0) is 16.5. The lowest BCUT2D eigenvalue weighted by Crippen LogP contribution is -2.23. The predicted octanol–water partition coefficient (Wildman–Crippen LogP) is 3.43. The van der Waals surface area contributed by atoms with E-state index in [1.807, 2.05) is 0 Å². The predicted molar refractivity (Wildman–Crippen MR) is 83.8 cm³/mol. The molecule has 1 aliphatic rings. The summed E-state index contributed by atoms with van der Waals surface area (Å²) in [5.41, 5.74) is 0. The molecule has 124 valence electrons. The Labute approximate surface area is 135 Å². The molecular weight excluding hydrogens is 300 g/mol. The molecule has 1 saturated carbocycles. The van der Waals surface area contributed by atoms with Crippen molar-refractivity contribution in [3.8, 4) is 17.6 Å². The first-order valence-corrected chi connectivity index (χ1v) is 7.95. The third-order valence-corrected chi connectivity index (χ3v) is 3.95. The Balaban J connectivity index is 1.59. The molecular formula is C18H21F2NO2. The first kappa shape index (κ1) is 17.3. The maximum Gasteiger partial charge on any atom is 0.220 e. The molecule has 3 nitrogen and oxygen atoms in total. The van der Waals surface area contributed by atoms with Gasteiger partial charge < -0.3 is 10.1 Å². The number of ether oxygens (including phenoxy) is 1. The molecule has 0 atom stereocenters. The third-order valence-electron chi connectivity index (χ3n) is 3.95. The van der Waals surface area contributed by atoms with E-state index < -0.39 is 11.6 Å². The summed E-state index contributed by atoms with van der Waals surface area (Å²) >= 11 is 0. The molecule has 0 saturated heterocycles. The smallest absolute Gasteiger partial charge is 0.220 e. The van der Waals surface area contributed by atoms with Crippen LogP contribution in [0.2, 0.25) is 0 Å². The minimum atomic E-state index is -0.757. The molecule has 1 aromatic rings. The molecule has 0 heterocycles. The van der Waals surface area contributed by atoms with Crippen LogP contribution in [0.4, 0.5) is 8.78 Å². The summed E-state index contributed by atoms with van der Waals surface area (Å²) in [6.45, 7) is 0.235. The summed E-state index contributed by atoms with van der Waals surface area (Å²) in [5.74, 6) is 4.68. The van der Waals surface area contributed by atoms with Crippen molar-refractivity contribution in [3.63, 3.8) is 0 Å². The number of rotatable bonds is 6. The second kappa shape index (κ2) is 9.14. The number of hydrogen-bond acceptors (Lipinski definition) is 2. The van der Waals surface area contributed by atoms with Crippen LogP contribution < -0.4 is 10.1 Å². The summed E-state index contributed by atoms with van der Waals surface area (Å²) < 4.78 is 31.1. The summed E-state index contributed by atoms with van der Waals surface area (Å²) in [7, 11) is 0. The van der Waals surface area contributed by atoms with Crippen LogP contribution in [0.15, 0.2) is 18.2 Å². The Morgan fingerprint density at radius 3 is 2.78 bits per heavy atom. The van der Waals surface area contributed by atoms with Gasteiger partial charge in [-0.2, -0.15) is 0 Å². The van der Waals surface area contributed by atoms with Crippen molar-refractivity contribution in [2.75, 3.05) is 13.2 Å². The molecule has 2 rings (SSSR count). The zero-order valence-corrected chi connectivity index (χ0v) is 13.0. The molecule has 0 bridgehead atoms. The minimum Gasteiger partial charge on any atom is -0.478 e. The van der Waals surface area contributed by atoms with Crippen molar-refractivity contribution in [2.45, 2.75) is 38.5 Å². The van der Waals surface area contributed by atoms with Crippen LogP contribution in [0.3, 0.4) is 0 Å². The molecule has 1 fully saturated rings. The van der Waals surface area contributed by atoms with E-state index in [-0.39, 0.29) is 24.8 Å². The number of benzene rings is 1. The maximum absolute atomic E-state index is 13.3. The van der Waals surface area contributed by atoms with Gasteiger partial charge in [-0.25, -0.2) is 8.78 Å². The van der Waals surface area contributed by atoms with E-state index in [0.717, 1.165) is 18.6 Å². The summed E-state index contributed by atoms with van der Waals surface area (Å²) in [6.07, 6.45) is 6.55. The average molecular weight is 321 g/mol. The van der Waals surface area contributed by atoms with Gasteiger partial charge in [0, 0.05) is 12.5 Å². The van der Waals surface area contributed by atoms with Crippen LogP contribution in [0.5, 0.6) is 5.75 Å². The van der Waals surface area contributed by atoms with Crippen molar-refractivity contribution in [1.29, 1.82) is 0 Å². The average Bonchev–Trinajstić information content (AvgIpc) is 3.04. The maximum atomic E-state index is 13.3. The Morgan fingerprint density at radius 1 is 1.26 bits per heavy atom. The van der Waals surface area contributed by atoms with Gasteiger partial charge in [0.15, 0.2) is 11.6 Å². The van der Waals surface area contributed by atoms with Crippen LogP contribution in [-0.4, -0.2) is 19.1 Å². The van der Waals surface area contributed by atoms with Crippen molar-refractivity contribution >= 4 is 5.91 Å². The topological polar surface area (TPSA) is 38.3 Å². The lowest BCUT2D eigenvalue weighted by molar-refractivity contribution is -0.121.